The Bertz CT molecular complexity index is 576. The highest BCUT2D eigenvalue weighted by Crippen LogP contribution is 2.27. The molecule has 1 aromatic carbocycles. The van der Waals surface area contributed by atoms with E-state index in [0.717, 1.165) is 5.56 Å². The Kier molecular flexibility index (Phi) is 6.80. The molecule has 7 heteroatoms. The molecule has 0 aromatic heterocycles. The van der Waals surface area contributed by atoms with Crippen LogP contribution >= 0.6 is 15.9 Å². The van der Waals surface area contributed by atoms with Crippen molar-refractivity contribution in [2.45, 2.75) is 31.3 Å². The van der Waals surface area contributed by atoms with Crippen molar-refractivity contribution in [1.82, 2.24) is 9.21 Å². The van der Waals surface area contributed by atoms with E-state index in [2.05, 4.69) is 15.9 Å². The van der Waals surface area contributed by atoms with E-state index in [-0.39, 0.29) is 10.9 Å². The maximum absolute atomic E-state index is 12.9. The average Bonchev–Trinajstić information content (AvgIpc) is 2.38. The molecule has 0 saturated carbocycles. The van der Waals surface area contributed by atoms with E-state index in [9.17, 15) is 8.42 Å². The first kappa shape index (κ1) is 18.6. The van der Waals surface area contributed by atoms with Gasteiger partial charge in [-0.05, 0) is 54.6 Å². The Morgan fingerprint density at radius 3 is 2.43 bits per heavy atom. The summed E-state index contributed by atoms with van der Waals surface area (Å²) in [6.07, 6.45) is 0. The third-order valence-electron chi connectivity index (χ3n) is 3.25. The third kappa shape index (κ3) is 4.50. The monoisotopic (exact) mass is 377 g/mol. The predicted octanol–water partition coefficient (Wildman–Crippen LogP) is 1.87. The van der Waals surface area contributed by atoms with Crippen LogP contribution in [-0.2, 0) is 16.6 Å². The third-order valence-corrected chi connectivity index (χ3v) is 6.33. The van der Waals surface area contributed by atoms with Crippen molar-refractivity contribution in [1.29, 1.82) is 0 Å². The number of hydrogen-bond donors (Lipinski definition) is 1. The molecular formula is C14H24BrN3O2S. The standard InChI is InChI=1S/C14H24BrN3O2S/c1-5-18(11(2)10-17(3)4)21(19,20)14-8-12(9-16)6-7-13(14)15/h6-8,11H,5,9-10,16H2,1-4H3. The molecule has 1 unspecified atom stereocenters. The molecule has 1 rings (SSSR count). The fourth-order valence-corrected chi connectivity index (χ4v) is 4.94. The molecule has 0 amide bonds. The number of sulfonamides is 1. The van der Waals surface area contributed by atoms with Crippen LogP contribution in [-0.4, -0.2) is 50.8 Å². The van der Waals surface area contributed by atoms with Gasteiger partial charge in [-0.15, -0.1) is 0 Å². The SMILES string of the molecule is CCN(C(C)CN(C)C)S(=O)(=O)c1cc(CN)ccc1Br. The molecule has 0 saturated heterocycles. The Morgan fingerprint density at radius 1 is 1.33 bits per heavy atom. The minimum Gasteiger partial charge on any atom is -0.326 e. The van der Waals surface area contributed by atoms with Gasteiger partial charge in [0.05, 0.1) is 4.90 Å². The van der Waals surface area contributed by atoms with Crippen LogP contribution in [0.4, 0.5) is 0 Å². The van der Waals surface area contributed by atoms with Gasteiger partial charge in [0.15, 0.2) is 0 Å². The number of nitrogens with two attached hydrogens (primary N) is 1. The molecule has 0 radical (unpaired) electrons. The predicted molar refractivity (Wildman–Crippen MR) is 89.6 cm³/mol. The largest absolute Gasteiger partial charge is 0.326 e. The highest BCUT2D eigenvalue weighted by atomic mass is 79.9. The lowest BCUT2D eigenvalue weighted by Crippen LogP contribution is -2.43. The molecule has 2 N–H and O–H groups in total. The van der Waals surface area contributed by atoms with Gasteiger partial charge in [-0.2, -0.15) is 4.31 Å². The van der Waals surface area contributed by atoms with Crippen molar-refractivity contribution in [2.75, 3.05) is 27.2 Å². The summed E-state index contributed by atoms with van der Waals surface area (Å²) in [4.78, 5) is 2.26. The minimum absolute atomic E-state index is 0.108. The maximum Gasteiger partial charge on any atom is 0.244 e. The van der Waals surface area contributed by atoms with Crippen LogP contribution < -0.4 is 5.73 Å². The summed E-state index contributed by atoms with van der Waals surface area (Å²) < 4.78 is 27.9. The zero-order valence-electron chi connectivity index (χ0n) is 13.0. The highest BCUT2D eigenvalue weighted by molar-refractivity contribution is 9.10. The molecule has 0 aliphatic carbocycles. The lowest BCUT2D eigenvalue weighted by molar-refractivity contribution is 0.271. The van der Waals surface area contributed by atoms with Gasteiger partial charge in [-0.3, -0.25) is 0 Å². The van der Waals surface area contributed by atoms with Gasteiger partial charge in [0, 0.05) is 30.1 Å². The lowest BCUT2D eigenvalue weighted by atomic mass is 10.2. The first-order valence-electron chi connectivity index (χ1n) is 6.89. The van der Waals surface area contributed by atoms with Gasteiger partial charge >= 0.3 is 0 Å². The number of halogens is 1. The van der Waals surface area contributed by atoms with Gasteiger partial charge in [0.2, 0.25) is 10.0 Å². The lowest BCUT2D eigenvalue weighted by Gasteiger charge is -2.29. The van der Waals surface area contributed by atoms with Crippen molar-refractivity contribution < 1.29 is 8.42 Å². The number of hydrogen-bond acceptors (Lipinski definition) is 4. The quantitative estimate of drug-likeness (QED) is 0.787. The average molecular weight is 378 g/mol. The molecule has 0 heterocycles. The Morgan fingerprint density at radius 2 is 1.95 bits per heavy atom. The topological polar surface area (TPSA) is 66.6 Å². The van der Waals surface area contributed by atoms with Crippen LogP contribution in [0.15, 0.2) is 27.6 Å². The van der Waals surface area contributed by atoms with Crippen molar-refractivity contribution in [3.8, 4) is 0 Å². The molecule has 1 atom stereocenters. The van der Waals surface area contributed by atoms with E-state index in [4.69, 9.17) is 5.73 Å². The summed E-state index contributed by atoms with van der Waals surface area (Å²) in [5.74, 6) is 0. The molecule has 5 nitrogen and oxygen atoms in total. The van der Waals surface area contributed by atoms with Gasteiger partial charge < -0.3 is 10.6 Å². The zero-order chi connectivity index (χ0) is 16.2. The van der Waals surface area contributed by atoms with Crippen LogP contribution in [0.2, 0.25) is 0 Å². The molecule has 120 valence electrons. The normalized spacial score (nSPS) is 13.9. The van der Waals surface area contributed by atoms with E-state index in [1.165, 1.54) is 4.31 Å². The van der Waals surface area contributed by atoms with Crippen LogP contribution in [0.1, 0.15) is 19.4 Å². The van der Waals surface area contributed by atoms with E-state index >= 15 is 0 Å². The summed E-state index contributed by atoms with van der Waals surface area (Å²) in [5, 5.41) is 0. The Labute approximate surface area is 136 Å². The minimum atomic E-state index is -3.56. The van der Waals surface area contributed by atoms with Gasteiger partial charge in [-0.1, -0.05) is 13.0 Å². The number of likely N-dealkylation sites (N-methyl/N-ethyl adjacent to an activating group) is 2. The van der Waals surface area contributed by atoms with Crippen LogP contribution in [0.5, 0.6) is 0 Å². The number of rotatable bonds is 7. The molecule has 0 fully saturated rings. The van der Waals surface area contributed by atoms with Crippen LogP contribution in [0.25, 0.3) is 0 Å². The second kappa shape index (κ2) is 7.69. The molecule has 1 aromatic rings. The summed E-state index contributed by atoms with van der Waals surface area (Å²) in [7, 11) is 0.310. The van der Waals surface area contributed by atoms with E-state index < -0.39 is 10.0 Å². The first-order chi connectivity index (χ1) is 9.73. The first-order valence-corrected chi connectivity index (χ1v) is 9.12. The molecule has 21 heavy (non-hydrogen) atoms. The fourth-order valence-electron chi connectivity index (χ4n) is 2.34. The Hall–Kier alpha value is -0.470. The zero-order valence-corrected chi connectivity index (χ0v) is 15.4. The summed E-state index contributed by atoms with van der Waals surface area (Å²) >= 11 is 3.34. The second-order valence-electron chi connectivity index (χ2n) is 5.29. The summed E-state index contributed by atoms with van der Waals surface area (Å²) in [5.41, 5.74) is 6.42. The highest BCUT2D eigenvalue weighted by Gasteiger charge is 2.29. The molecule has 0 aliphatic rings. The summed E-state index contributed by atoms with van der Waals surface area (Å²) in [6.45, 7) is 5.18. The van der Waals surface area contributed by atoms with Gasteiger partial charge in [0.25, 0.3) is 0 Å². The fraction of sp³-hybridized carbons (Fsp3) is 0.571. The van der Waals surface area contributed by atoms with E-state index in [0.29, 0.717) is 24.1 Å². The molecule has 0 aliphatic heterocycles. The maximum atomic E-state index is 12.9. The van der Waals surface area contributed by atoms with Crippen molar-refractivity contribution >= 4 is 26.0 Å². The number of nitrogens with zero attached hydrogens (tertiary/aromatic N) is 2. The van der Waals surface area contributed by atoms with Crippen LogP contribution in [0, 0.1) is 0 Å². The number of benzene rings is 1. The molecule has 0 bridgehead atoms. The summed E-state index contributed by atoms with van der Waals surface area (Å²) in [6, 6.07) is 5.09. The second-order valence-corrected chi connectivity index (χ2v) is 8.00. The van der Waals surface area contributed by atoms with Crippen LogP contribution in [0.3, 0.4) is 0 Å². The van der Waals surface area contributed by atoms with Crippen molar-refractivity contribution in [3.63, 3.8) is 0 Å². The van der Waals surface area contributed by atoms with Gasteiger partial charge in [0.1, 0.15) is 0 Å². The smallest absolute Gasteiger partial charge is 0.244 e. The van der Waals surface area contributed by atoms with Crippen molar-refractivity contribution in [3.05, 3.63) is 28.2 Å². The van der Waals surface area contributed by atoms with Gasteiger partial charge in [-0.25, -0.2) is 8.42 Å². The van der Waals surface area contributed by atoms with E-state index in [1.807, 2.05) is 38.9 Å². The molecular weight excluding hydrogens is 354 g/mol. The molecule has 0 spiro atoms. The Balaban J connectivity index is 3.24. The van der Waals surface area contributed by atoms with E-state index in [1.54, 1.807) is 12.1 Å². The van der Waals surface area contributed by atoms with Crippen molar-refractivity contribution in [2.24, 2.45) is 5.73 Å².